The monoisotopic (exact) mass is 219 g/mol. The summed E-state index contributed by atoms with van der Waals surface area (Å²) in [5.74, 6) is 0.740. The maximum Gasteiger partial charge on any atom is 0.124 e. The quantitative estimate of drug-likeness (QED) is 0.768. The molecule has 0 aliphatic carbocycles. The van der Waals surface area contributed by atoms with E-state index in [1.807, 2.05) is 12.1 Å². The molecule has 2 rings (SSSR count). The first-order chi connectivity index (χ1) is 7.79. The van der Waals surface area contributed by atoms with Crippen molar-refractivity contribution in [2.24, 2.45) is 0 Å². The maximum atomic E-state index is 5.85. The van der Waals surface area contributed by atoms with E-state index in [2.05, 4.69) is 10.5 Å². The third-order valence-electron chi connectivity index (χ3n) is 2.21. The first kappa shape index (κ1) is 10.4. The van der Waals surface area contributed by atoms with Gasteiger partial charge in [0.05, 0.1) is 25.0 Å². The van der Waals surface area contributed by atoms with E-state index < -0.39 is 0 Å². The molecule has 0 fully saturated rings. The van der Waals surface area contributed by atoms with Gasteiger partial charge in [-0.05, 0) is 12.1 Å². The Labute approximate surface area is 93.2 Å². The molecule has 0 atom stereocenters. The Bertz CT molecular complexity index is 454. The zero-order chi connectivity index (χ0) is 11.4. The summed E-state index contributed by atoms with van der Waals surface area (Å²) in [7, 11) is 1.61. The summed E-state index contributed by atoms with van der Waals surface area (Å²) < 4.78 is 9.79. The molecule has 1 heterocycles. The third-order valence-corrected chi connectivity index (χ3v) is 2.21. The number of hydrogen-bond acceptors (Lipinski definition) is 5. The molecule has 0 aliphatic heterocycles. The lowest BCUT2D eigenvalue weighted by Crippen LogP contribution is -2.02. The summed E-state index contributed by atoms with van der Waals surface area (Å²) in [5, 5.41) is 6.96. The van der Waals surface area contributed by atoms with E-state index in [0.29, 0.717) is 12.2 Å². The van der Waals surface area contributed by atoms with Crippen molar-refractivity contribution in [1.29, 1.82) is 0 Å². The molecule has 1 aromatic carbocycles. The number of benzene rings is 1. The van der Waals surface area contributed by atoms with Crippen LogP contribution >= 0.6 is 0 Å². The van der Waals surface area contributed by atoms with E-state index >= 15 is 0 Å². The SMILES string of the molecule is COc1ccc(NCc2ccon2)c(N)c1. The van der Waals surface area contributed by atoms with Crippen molar-refractivity contribution in [3.63, 3.8) is 0 Å². The first-order valence-electron chi connectivity index (χ1n) is 4.86. The van der Waals surface area contributed by atoms with Gasteiger partial charge in [0.2, 0.25) is 0 Å². The van der Waals surface area contributed by atoms with Crippen LogP contribution in [0, 0.1) is 0 Å². The van der Waals surface area contributed by atoms with Gasteiger partial charge in [0.15, 0.2) is 0 Å². The summed E-state index contributed by atoms with van der Waals surface area (Å²) in [6, 6.07) is 7.29. The molecule has 5 heteroatoms. The molecule has 0 saturated heterocycles. The van der Waals surface area contributed by atoms with Crippen LogP contribution < -0.4 is 15.8 Å². The number of methoxy groups -OCH3 is 1. The molecule has 16 heavy (non-hydrogen) atoms. The fraction of sp³-hybridized carbons (Fsp3) is 0.182. The maximum absolute atomic E-state index is 5.85. The second kappa shape index (κ2) is 4.57. The molecule has 0 unspecified atom stereocenters. The van der Waals surface area contributed by atoms with Crippen LogP contribution in [0.4, 0.5) is 11.4 Å². The minimum atomic E-state index is 0.576. The molecule has 3 N–H and O–H groups in total. The normalized spacial score (nSPS) is 10.1. The second-order valence-electron chi connectivity index (χ2n) is 3.30. The van der Waals surface area contributed by atoms with E-state index in [9.17, 15) is 0 Å². The van der Waals surface area contributed by atoms with E-state index in [0.717, 1.165) is 17.1 Å². The van der Waals surface area contributed by atoms with Crippen LogP contribution in [-0.4, -0.2) is 12.3 Å². The Morgan fingerprint density at radius 1 is 1.44 bits per heavy atom. The molecular formula is C11H13N3O2. The number of rotatable bonds is 4. The standard InChI is InChI=1S/C11H13N3O2/c1-15-9-2-3-11(10(12)6-9)13-7-8-4-5-16-14-8/h2-6,13H,7,12H2,1H3. The van der Waals surface area contributed by atoms with Crippen molar-refractivity contribution in [1.82, 2.24) is 5.16 Å². The van der Waals surface area contributed by atoms with Gasteiger partial charge in [0, 0.05) is 12.1 Å². The van der Waals surface area contributed by atoms with Gasteiger partial charge in [-0.2, -0.15) is 0 Å². The Hall–Kier alpha value is -2.17. The molecule has 5 nitrogen and oxygen atoms in total. The number of nitrogens with one attached hydrogen (secondary N) is 1. The van der Waals surface area contributed by atoms with Crippen LogP contribution in [0.15, 0.2) is 35.1 Å². The number of nitrogen functional groups attached to an aromatic ring is 1. The van der Waals surface area contributed by atoms with Crippen molar-refractivity contribution in [2.45, 2.75) is 6.54 Å². The van der Waals surface area contributed by atoms with Gasteiger partial charge >= 0.3 is 0 Å². The van der Waals surface area contributed by atoms with E-state index in [1.54, 1.807) is 19.2 Å². The van der Waals surface area contributed by atoms with Gasteiger partial charge in [0.1, 0.15) is 17.7 Å². The summed E-state index contributed by atoms with van der Waals surface area (Å²) in [6.45, 7) is 0.576. The number of hydrogen-bond donors (Lipinski definition) is 2. The highest BCUT2D eigenvalue weighted by molar-refractivity contribution is 5.68. The van der Waals surface area contributed by atoms with Gasteiger partial charge in [-0.15, -0.1) is 0 Å². The van der Waals surface area contributed by atoms with E-state index in [-0.39, 0.29) is 0 Å². The number of aromatic nitrogens is 1. The van der Waals surface area contributed by atoms with E-state index in [4.69, 9.17) is 15.0 Å². The zero-order valence-electron chi connectivity index (χ0n) is 8.93. The number of nitrogens with two attached hydrogens (primary N) is 1. The molecular weight excluding hydrogens is 206 g/mol. The molecule has 2 aromatic rings. The molecule has 0 aliphatic rings. The lowest BCUT2D eigenvalue weighted by Gasteiger charge is -2.09. The summed E-state index contributed by atoms with van der Waals surface area (Å²) in [5.41, 5.74) is 8.17. The molecule has 84 valence electrons. The van der Waals surface area contributed by atoms with Crippen LogP contribution in [0.25, 0.3) is 0 Å². The Morgan fingerprint density at radius 3 is 2.94 bits per heavy atom. The number of nitrogens with zero attached hydrogens (tertiary/aromatic N) is 1. The Balaban J connectivity index is 2.04. The molecule has 0 spiro atoms. The Kier molecular flexibility index (Phi) is 2.95. The Morgan fingerprint density at radius 2 is 2.31 bits per heavy atom. The molecule has 0 radical (unpaired) electrons. The molecule has 1 aromatic heterocycles. The van der Waals surface area contributed by atoms with Crippen LogP contribution in [0.3, 0.4) is 0 Å². The zero-order valence-corrected chi connectivity index (χ0v) is 8.93. The fourth-order valence-corrected chi connectivity index (χ4v) is 1.34. The minimum absolute atomic E-state index is 0.576. The van der Waals surface area contributed by atoms with Crippen molar-refractivity contribution >= 4 is 11.4 Å². The molecule has 0 saturated carbocycles. The minimum Gasteiger partial charge on any atom is -0.497 e. The van der Waals surface area contributed by atoms with Gasteiger partial charge in [-0.1, -0.05) is 5.16 Å². The average Bonchev–Trinajstić information content (AvgIpc) is 2.80. The smallest absolute Gasteiger partial charge is 0.124 e. The summed E-state index contributed by atoms with van der Waals surface area (Å²) in [4.78, 5) is 0. The lowest BCUT2D eigenvalue weighted by atomic mass is 10.2. The first-order valence-corrected chi connectivity index (χ1v) is 4.86. The lowest BCUT2D eigenvalue weighted by molar-refractivity contribution is 0.412. The predicted molar refractivity (Wildman–Crippen MR) is 61.2 cm³/mol. The second-order valence-corrected chi connectivity index (χ2v) is 3.30. The van der Waals surface area contributed by atoms with Crippen molar-refractivity contribution in [3.8, 4) is 5.75 Å². The van der Waals surface area contributed by atoms with Crippen LogP contribution in [0.2, 0.25) is 0 Å². The predicted octanol–water partition coefficient (Wildman–Crippen LogP) is 1.88. The summed E-state index contributed by atoms with van der Waals surface area (Å²) >= 11 is 0. The third kappa shape index (κ3) is 2.25. The largest absolute Gasteiger partial charge is 0.497 e. The van der Waals surface area contributed by atoms with Crippen LogP contribution in [0.1, 0.15) is 5.69 Å². The highest BCUT2D eigenvalue weighted by Gasteiger charge is 2.02. The van der Waals surface area contributed by atoms with Gasteiger partial charge in [-0.25, -0.2) is 0 Å². The average molecular weight is 219 g/mol. The van der Waals surface area contributed by atoms with E-state index in [1.165, 1.54) is 6.26 Å². The topological polar surface area (TPSA) is 73.3 Å². The van der Waals surface area contributed by atoms with Gasteiger partial charge in [0.25, 0.3) is 0 Å². The molecule has 0 amide bonds. The van der Waals surface area contributed by atoms with Crippen molar-refractivity contribution < 1.29 is 9.26 Å². The van der Waals surface area contributed by atoms with Gasteiger partial charge < -0.3 is 20.3 Å². The van der Waals surface area contributed by atoms with Crippen molar-refractivity contribution in [2.75, 3.05) is 18.2 Å². The molecule has 0 bridgehead atoms. The summed E-state index contributed by atoms with van der Waals surface area (Å²) in [6.07, 6.45) is 1.54. The highest BCUT2D eigenvalue weighted by Crippen LogP contribution is 2.24. The van der Waals surface area contributed by atoms with Crippen molar-refractivity contribution in [3.05, 3.63) is 36.2 Å². The van der Waals surface area contributed by atoms with Gasteiger partial charge in [-0.3, -0.25) is 0 Å². The van der Waals surface area contributed by atoms with Crippen LogP contribution in [-0.2, 0) is 6.54 Å². The number of anilines is 2. The highest BCUT2D eigenvalue weighted by atomic mass is 16.5. The fourth-order valence-electron chi connectivity index (χ4n) is 1.34. The number of ether oxygens (including phenoxy) is 1. The van der Waals surface area contributed by atoms with Crippen LogP contribution in [0.5, 0.6) is 5.75 Å².